The third kappa shape index (κ3) is 4.46. The van der Waals surface area contributed by atoms with Crippen LogP contribution in [0.3, 0.4) is 0 Å². The zero-order valence-corrected chi connectivity index (χ0v) is 20.3. The molecule has 1 aromatic carbocycles. The zero-order valence-electron chi connectivity index (χ0n) is 17.9. The van der Waals surface area contributed by atoms with Gasteiger partial charge in [-0.1, -0.05) is 28.8 Å². The van der Waals surface area contributed by atoms with Crippen LogP contribution in [0.1, 0.15) is 56.5 Å². The first-order chi connectivity index (χ1) is 15.5. The first-order valence-corrected chi connectivity index (χ1v) is 12.6. The van der Waals surface area contributed by atoms with E-state index < -0.39 is 0 Å². The van der Waals surface area contributed by atoms with Crippen molar-refractivity contribution in [3.8, 4) is 0 Å². The highest BCUT2D eigenvalue weighted by Crippen LogP contribution is 2.26. The first-order valence-electron chi connectivity index (χ1n) is 11.0. The fourth-order valence-corrected chi connectivity index (χ4v) is 6.07. The van der Waals surface area contributed by atoms with Gasteiger partial charge in [-0.15, -0.1) is 11.3 Å². The highest BCUT2D eigenvalue weighted by atomic mass is 79.9. The van der Waals surface area contributed by atoms with Gasteiger partial charge in [0.2, 0.25) is 0 Å². The smallest absolute Gasteiger partial charge is 0.280 e. The summed E-state index contributed by atoms with van der Waals surface area (Å²) < 4.78 is 0.974. The zero-order chi connectivity index (χ0) is 22.2. The summed E-state index contributed by atoms with van der Waals surface area (Å²) in [6.45, 7) is 1.82. The summed E-state index contributed by atoms with van der Waals surface area (Å²) in [4.78, 5) is 37.1. The number of aromatic nitrogens is 2. The first kappa shape index (κ1) is 21.6. The van der Waals surface area contributed by atoms with Crippen LogP contribution in [0.2, 0.25) is 0 Å². The largest absolute Gasteiger partial charge is 0.351 e. The van der Waals surface area contributed by atoms with Gasteiger partial charge >= 0.3 is 0 Å². The Bertz CT molecular complexity index is 1170. The van der Waals surface area contributed by atoms with Crippen LogP contribution >= 0.6 is 27.3 Å². The molecule has 2 amide bonds. The van der Waals surface area contributed by atoms with Crippen LogP contribution in [0, 0.1) is 0 Å². The Morgan fingerprint density at radius 3 is 2.69 bits per heavy atom. The van der Waals surface area contributed by atoms with Gasteiger partial charge in [-0.2, -0.15) is 0 Å². The third-order valence-electron chi connectivity index (χ3n) is 6.34. The standard InChI is InChI=1S/C23H26BrN5O2S/c1-29-9-8-18-20(12-29)32-23(28-18)22(31)27-17-5-3-2-4-16(17)26-21(30)19-11-13-10-14(24)6-7-15(13)25-19/h6-7,10-11,16-17,25H,2-5,8-9,12H2,1H3,(H,26,30)(H,27,31)/t16-,17+/m1/s1. The monoisotopic (exact) mass is 515 g/mol. The summed E-state index contributed by atoms with van der Waals surface area (Å²) in [5, 5.41) is 7.83. The summed E-state index contributed by atoms with van der Waals surface area (Å²) in [5.74, 6) is -0.273. The lowest BCUT2D eigenvalue weighted by Crippen LogP contribution is -2.53. The van der Waals surface area contributed by atoms with Crippen LogP contribution in [-0.2, 0) is 13.0 Å². The SMILES string of the molecule is CN1CCc2nc(C(=O)N[C@H]3CCCC[C@H]3NC(=O)c3cc4cc(Br)ccc4[nH]3)sc2C1. The lowest BCUT2D eigenvalue weighted by molar-refractivity contribution is 0.0860. The average Bonchev–Trinajstić information content (AvgIpc) is 3.38. The van der Waals surface area contributed by atoms with E-state index >= 15 is 0 Å². The van der Waals surface area contributed by atoms with E-state index in [1.165, 1.54) is 16.2 Å². The molecule has 0 spiro atoms. The molecule has 1 aliphatic carbocycles. The number of nitrogens with one attached hydrogen (secondary N) is 3. The number of rotatable bonds is 4. The number of carbonyl (C=O) groups is 2. The normalized spacial score (nSPS) is 21.3. The minimum Gasteiger partial charge on any atom is -0.351 e. The summed E-state index contributed by atoms with van der Waals surface area (Å²) in [7, 11) is 2.09. The van der Waals surface area contributed by atoms with Crippen molar-refractivity contribution in [3.63, 3.8) is 0 Å². The molecular formula is C23H26BrN5O2S. The number of likely N-dealkylation sites (N-methyl/N-ethyl adjacent to an activating group) is 1. The summed E-state index contributed by atoms with van der Waals surface area (Å²) >= 11 is 4.96. The van der Waals surface area contributed by atoms with Crippen LogP contribution in [0.4, 0.5) is 0 Å². The molecule has 5 rings (SSSR count). The summed E-state index contributed by atoms with van der Waals surface area (Å²) in [6, 6.07) is 7.55. The number of H-pyrrole nitrogens is 1. The number of nitrogens with zero attached hydrogens (tertiary/aromatic N) is 2. The predicted octanol–water partition coefficient (Wildman–Crippen LogP) is 3.85. The van der Waals surface area contributed by atoms with Gasteiger partial charge in [0, 0.05) is 51.8 Å². The van der Waals surface area contributed by atoms with Crippen molar-refractivity contribution in [1.82, 2.24) is 25.5 Å². The molecule has 3 N–H and O–H groups in total. The Morgan fingerprint density at radius 1 is 1.16 bits per heavy atom. The van der Waals surface area contributed by atoms with Gasteiger partial charge in [0.1, 0.15) is 5.69 Å². The van der Waals surface area contributed by atoms with Crippen molar-refractivity contribution in [3.05, 3.63) is 50.0 Å². The Hall–Kier alpha value is -2.23. The van der Waals surface area contributed by atoms with E-state index in [0.717, 1.165) is 66.3 Å². The molecule has 1 aliphatic heterocycles. The van der Waals surface area contributed by atoms with Crippen LogP contribution in [0.15, 0.2) is 28.7 Å². The number of hydrogen-bond donors (Lipinski definition) is 3. The van der Waals surface area contributed by atoms with Crippen LogP contribution in [0.5, 0.6) is 0 Å². The molecule has 2 atom stereocenters. The van der Waals surface area contributed by atoms with Crippen molar-refractivity contribution < 1.29 is 9.59 Å². The van der Waals surface area contributed by atoms with Gasteiger partial charge < -0.3 is 20.5 Å². The molecule has 3 aromatic rings. The maximum atomic E-state index is 13.0. The van der Waals surface area contributed by atoms with Gasteiger partial charge in [0.15, 0.2) is 5.01 Å². The number of benzene rings is 1. The van der Waals surface area contributed by atoms with E-state index in [1.807, 2.05) is 24.3 Å². The van der Waals surface area contributed by atoms with E-state index in [1.54, 1.807) is 0 Å². The molecule has 168 valence electrons. The number of hydrogen-bond acceptors (Lipinski definition) is 5. The summed E-state index contributed by atoms with van der Waals surface area (Å²) in [6.07, 6.45) is 4.66. The second-order valence-electron chi connectivity index (χ2n) is 8.74. The number of halogens is 1. The topological polar surface area (TPSA) is 90.1 Å². The lowest BCUT2D eigenvalue weighted by atomic mass is 9.90. The molecule has 2 aliphatic rings. The molecule has 1 fully saturated rings. The highest BCUT2D eigenvalue weighted by Gasteiger charge is 2.30. The second kappa shape index (κ2) is 8.96. The quantitative estimate of drug-likeness (QED) is 0.492. The van der Waals surface area contributed by atoms with Crippen molar-refractivity contribution in [2.24, 2.45) is 0 Å². The minimum atomic E-state index is -0.142. The van der Waals surface area contributed by atoms with Crippen molar-refractivity contribution >= 4 is 50.0 Å². The molecule has 32 heavy (non-hydrogen) atoms. The Morgan fingerprint density at radius 2 is 1.91 bits per heavy atom. The van der Waals surface area contributed by atoms with E-state index in [9.17, 15) is 9.59 Å². The van der Waals surface area contributed by atoms with Crippen LogP contribution < -0.4 is 10.6 Å². The van der Waals surface area contributed by atoms with Gasteiger partial charge in [0.05, 0.1) is 5.69 Å². The number of fused-ring (bicyclic) bond motifs is 2. The molecule has 2 aromatic heterocycles. The molecule has 9 heteroatoms. The average molecular weight is 516 g/mol. The third-order valence-corrected chi connectivity index (χ3v) is 7.92. The Balaban J connectivity index is 1.27. The van der Waals surface area contributed by atoms with Crippen LogP contribution in [-0.4, -0.2) is 52.4 Å². The molecule has 0 radical (unpaired) electrons. The molecular weight excluding hydrogens is 490 g/mol. The minimum absolute atomic E-state index is 0.0951. The molecule has 1 saturated carbocycles. The van der Waals surface area contributed by atoms with Gasteiger partial charge in [-0.05, 0) is 44.2 Å². The molecule has 0 unspecified atom stereocenters. The van der Waals surface area contributed by atoms with Gasteiger partial charge in [0.25, 0.3) is 11.8 Å². The fraction of sp³-hybridized carbons (Fsp3) is 0.435. The van der Waals surface area contributed by atoms with Gasteiger partial charge in [-0.25, -0.2) is 4.98 Å². The van der Waals surface area contributed by atoms with Gasteiger partial charge in [-0.3, -0.25) is 9.59 Å². The van der Waals surface area contributed by atoms with Crippen molar-refractivity contribution in [1.29, 1.82) is 0 Å². The predicted molar refractivity (Wildman–Crippen MR) is 129 cm³/mol. The fourth-order valence-electron chi connectivity index (χ4n) is 4.60. The molecule has 7 nitrogen and oxygen atoms in total. The summed E-state index contributed by atoms with van der Waals surface area (Å²) in [5.41, 5.74) is 2.51. The Kier molecular flexibility index (Phi) is 6.05. The van der Waals surface area contributed by atoms with E-state index in [4.69, 9.17) is 0 Å². The molecule has 0 bridgehead atoms. The second-order valence-corrected chi connectivity index (χ2v) is 10.7. The van der Waals surface area contributed by atoms with E-state index in [-0.39, 0.29) is 23.9 Å². The number of carbonyl (C=O) groups excluding carboxylic acids is 2. The van der Waals surface area contributed by atoms with Crippen LogP contribution in [0.25, 0.3) is 10.9 Å². The lowest BCUT2D eigenvalue weighted by Gasteiger charge is -2.32. The maximum Gasteiger partial charge on any atom is 0.280 e. The Labute approximate surface area is 199 Å². The highest BCUT2D eigenvalue weighted by molar-refractivity contribution is 9.10. The van der Waals surface area contributed by atoms with E-state index in [0.29, 0.717) is 10.7 Å². The maximum absolute atomic E-state index is 13.0. The number of amides is 2. The molecule has 3 heterocycles. The van der Waals surface area contributed by atoms with Crippen molar-refractivity contribution in [2.75, 3.05) is 13.6 Å². The molecule has 0 saturated heterocycles. The number of aromatic amines is 1. The number of thiazole rings is 1. The van der Waals surface area contributed by atoms with E-state index in [2.05, 4.69) is 48.5 Å². The van der Waals surface area contributed by atoms with Crippen molar-refractivity contribution in [2.45, 2.75) is 50.7 Å².